The highest BCUT2D eigenvalue weighted by Gasteiger charge is 2.44. The van der Waals surface area contributed by atoms with E-state index in [9.17, 15) is 30.3 Å². The van der Waals surface area contributed by atoms with E-state index in [0.717, 1.165) is 44.9 Å². The second-order valence-corrected chi connectivity index (χ2v) is 17.6. The van der Waals surface area contributed by atoms with E-state index in [1.165, 1.54) is 167 Å². The number of carbonyl (C=O) groups is 1. The second-order valence-electron chi connectivity index (χ2n) is 17.6. The molecule has 0 aromatic carbocycles. The quantitative estimate of drug-likeness (QED) is 0.0263. The molecule has 6 N–H and O–H groups in total. The first-order chi connectivity index (χ1) is 28.8. The summed E-state index contributed by atoms with van der Waals surface area (Å²) in [6.45, 7) is 3.78. The van der Waals surface area contributed by atoms with Crippen LogP contribution < -0.4 is 5.32 Å². The van der Waals surface area contributed by atoms with Gasteiger partial charge in [0.2, 0.25) is 5.91 Å². The fourth-order valence-electron chi connectivity index (χ4n) is 7.97. The lowest BCUT2D eigenvalue weighted by Gasteiger charge is -2.40. The molecule has 1 aliphatic rings. The van der Waals surface area contributed by atoms with Crippen LogP contribution in [-0.2, 0) is 14.3 Å². The summed E-state index contributed by atoms with van der Waals surface area (Å²) in [6.07, 6.45) is 42.2. The molecule has 7 unspecified atom stereocenters. The van der Waals surface area contributed by atoms with E-state index in [1.54, 1.807) is 6.08 Å². The number of aliphatic hydroxyl groups is 5. The van der Waals surface area contributed by atoms with Gasteiger partial charge in [0.1, 0.15) is 24.4 Å². The summed E-state index contributed by atoms with van der Waals surface area (Å²) in [4.78, 5) is 13.0. The highest BCUT2D eigenvalue weighted by molar-refractivity contribution is 5.76. The number of aliphatic hydroxyl groups excluding tert-OH is 5. The smallest absolute Gasteiger partial charge is 0.220 e. The van der Waals surface area contributed by atoms with E-state index in [0.29, 0.717) is 6.42 Å². The fraction of sp³-hybridized carbons (Fsp3) is 0.900. The Morgan fingerprint density at radius 1 is 0.559 bits per heavy atom. The molecule has 0 aromatic rings. The zero-order valence-electron chi connectivity index (χ0n) is 38.3. The standard InChI is InChI=1S/C50H95NO8/c1-3-5-7-9-11-13-15-17-19-21-22-24-25-27-29-31-33-35-37-39-44(53)43(42-58-50-49(57)48(56)47(55)45(41-52)59-50)51-46(54)40-38-36-34-32-30-28-26-23-20-18-16-14-12-10-8-6-4-2/h18,20,37,39,43-45,47-50,52-53,55-57H,3-17,19,21-36,38,40-42H2,1-2H3,(H,51,54)/b20-18-,39-37+. The van der Waals surface area contributed by atoms with Gasteiger partial charge < -0.3 is 40.3 Å². The first-order valence-electron chi connectivity index (χ1n) is 25.1. The van der Waals surface area contributed by atoms with E-state index in [-0.39, 0.29) is 12.5 Å². The van der Waals surface area contributed by atoms with E-state index in [2.05, 4.69) is 31.3 Å². The number of amides is 1. The first kappa shape index (κ1) is 55.7. The van der Waals surface area contributed by atoms with Gasteiger partial charge in [-0.2, -0.15) is 0 Å². The van der Waals surface area contributed by atoms with E-state index in [4.69, 9.17) is 9.47 Å². The number of hydrogen-bond acceptors (Lipinski definition) is 8. The largest absolute Gasteiger partial charge is 0.394 e. The van der Waals surface area contributed by atoms with Gasteiger partial charge in [-0.25, -0.2) is 0 Å². The van der Waals surface area contributed by atoms with E-state index < -0.39 is 49.5 Å². The van der Waals surface area contributed by atoms with Crippen LogP contribution in [0, 0.1) is 0 Å². The Kier molecular flexibility index (Phi) is 38.4. The lowest BCUT2D eigenvalue weighted by atomic mass is 9.99. The zero-order chi connectivity index (χ0) is 43.0. The maximum absolute atomic E-state index is 13.0. The highest BCUT2D eigenvalue weighted by Crippen LogP contribution is 2.23. The van der Waals surface area contributed by atoms with Crippen molar-refractivity contribution < 1.29 is 39.8 Å². The zero-order valence-corrected chi connectivity index (χ0v) is 38.3. The monoisotopic (exact) mass is 838 g/mol. The van der Waals surface area contributed by atoms with Crippen LogP contribution in [0.1, 0.15) is 232 Å². The Morgan fingerprint density at radius 3 is 1.37 bits per heavy atom. The third kappa shape index (κ3) is 31.2. The molecule has 0 spiro atoms. The lowest BCUT2D eigenvalue weighted by molar-refractivity contribution is -0.302. The van der Waals surface area contributed by atoms with Crippen molar-refractivity contribution in [1.82, 2.24) is 5.32 Å². The third-order valence-electron chi connectivity index (χ3n) is 12.0. The number of carbonyl (C=O) groups excluding carboxylic acids is 1. The van der Waals surface area contributed by atoms with Gasteiger partial charge in [0, 0.05) is 6.42 Å². The Bertz CT molecular complexity index is 977. The van der Waals surface area contributed by atoms with Crippen LogP contribution in [0.4, 0.5) is 0 Å². The minimum absolute atomic E-state index is 0.180. The maximum atomic E-state index is 13.0. The average molecular weight is 838 g/mol. The van der Waals surface area contributed by atoms with Crippen molar-refractivity contribution in [1.29, 1.82) is 0 Å². The number of nitrogens with one attached hydrogen (secondary N) is 1. The van der Waals surface area contributed by atoms with Gasteiger partial charge >= 0.3 is 0 Å². The minimum atomic E-state index is -1.56. The normalized spacial score (nSPS) is 20.8. The second kappa shape index (κ2) is 40.7. The number of ether oxygens (including phenoxy) is 2. The van der Waals surface area contributed by atoms with Crippen LogP contribution in [0.25, 0.3) is 0 Å². The summed E-state index contributed by atoms with van der Waals surface area (Å²) in [5, 5.41) is 54.3. The van der Waals surface area contributed by atoms with Gasteiger partial charge in [-0.05, 0) is 44.9 Å². The molecule has 0 aliphatic carbocycles. The number of rotatable bonds is 42. The van der Waals surface area contributed by atoms with Crippen LogP contribution in [-0.4, -0.2) is 87.5 Å². The third-order valence-corrected chi connectivity index (χ3v) is 12.0. The Balaban J connectivity index is 2.32. The van der Waals surface area contributed by atoms with Crippen molar-refractivity contribution in [2.75, 3.05) is 13.2 Å². The van der Waals surface area contributed by atoms with Crippen molar-refractivity contribution in [3.05, 3.63) is 24.3 Å². The molecule has 1 aliphatic heterocycles. The summed E-state index contributed by atoms with van der Waals surface area (Å²) >= 11 is 0. The van der Waals surface area contributed by atoms with Crippen molar-refractivity contribution in [3.63, 3.8) is 0 Å². The van der Waals surface area contributed by atoms with Crippen molar-refractivity contribution >= 4 is 5.91 Å². The lowest BCUT2D eigenvalue weighted by Crippen LogP contribution is -2.60. The molecule has 1 fully saturated rings. The van der Waals surface area contributed by atoms with Crippen LogP contribution >= 0.6 is 0 Å². The van der Waals surface area contributed by atoms with Crippen molar-refractivity contribution in [2.45, 2.75) is 275 Å². The predicted molar refractivity (Wildman–Crippen MR) is 244 cm³/mol. The molecular formula is C50H95NO8. The van der Waals surface area contributed by atoms with Crippen LogP contribution in [0.2, 0.25) is 0 Å². The minimum Gasteiger partial charge on any atom is -0.394 e. The molecule has 348 valence electrons. The van der Waals surface area contributed by atoms with Gasteiger partial charge in [0.15, 0.2) is 6.29 Å². The van der Waals surface area contributed by atoms with Gasteiger partial charge in [0.25, 0.3) is 0 Å². The summed E-state index contributed by atoms with van der Waals surface area (Å²) in [6, 6.07) is -0.804. The van der Waals surface area contributed by atoms with Crippen molar-refractivity contribution in [2.24, 2.45) is 0 Å². The average Bonchev–Trinajstić information content (AvgIpc) is 3.23. The first-order valence-corrected chi connectivity index (χ1v) is 25.1. The Hall–Kier alpha value is -1.33. The van der Waals surface area contributed by atoms with Crippen LogP contribution in [0.15, 0.2) is 24.3 Å². The summed E-state index contributed by atoms with van der Waals surface area (Å²) in [5.74, 6) is -0.180. The molecule has 1 amide bonds. The van der Waals surface area contributed by atoms with Crippen LogP contribution in [0.3, 0.4) is 0 Å². The number of unbranched alkanes of at least 4 members (excludes halogenated alkanes) is 30. The van der Waals surface area contributed by atoms with E-state index >= 15 is 0 Å². The molecule has 7 atom stereocenters. The van der Waals surface area contributed by atoms with Crippen LogP contribution in [0.5, 0.6) is 0 Å². The molecule has 1 saturated heterocycles. The predicted octanol–water partition coefficient (Wildman–Crippen LogP) is 11.1. The fourth-order valence-corrected chi connectivity index (χ4v) is 7.97. The summed E-state index contributed by atoms with van der Waals surface area (Å²) < 4.78 is 11.2. The summed E-state index contributed by atoms with van der Waals surface area (Å²) in [5.41, 5.74) is 0. The molecule has 0 saturated carbocycles. The Morgan fingerprint density at radius 2 is 0.949 bits per heavy atom. The van der Waals surface area contributed by atoms with Gasteiger partial charge in [-0.15, -0.1) is 0 Å². The van der Waals surface area contributed by atoms with Crippen molar-refractivity contribution in [3.8, 4) is 0 Å². The molecule has 9 heteroatoms. The molecule has 0 bridgehead atoms. The SMILES string of the molecule is CCCCCCCC/C=C\CCCCCCCCCC(=O)NC(COC1OC(CO)C(O)C(O)C1O)C(O)/C=C/CCCCCCCCCCCCCCCCCCC. The molecule has 0 radical (unpaired) electrons. The molecule has 59 heavy (non-hydrogen) atoms. The molecule has 0 aromatic heterocycles. The molecule has 1 rings (SSSR count). The number of hydrogen-bond donors (Lipinski definition) is 6. The molecular weight excluding hydrogens is 743 g/mol. The summed E-state index contributed by atoms with van der Waals surface area (Å²) in [7, 11) is 0. The van der Waals surface area contributed by atoms with Gasteiger partial charge in [-0.1, -0.05) is 205 Å². The molecule has 9 nitrogen and oxygen atoms in total. The topological polar surface area (TPSA) is 149 Å². The highest BCUT2D eigenvalue weighted by atomic mass is 16.7. The van der Waals surface area contributed by atoms with Gasteiger partial charge in [-0.3, -0.25) is 4.79 Å². The maximum Gasteiger partial charge on any atom is 0.220 e. The number of allylic oxidation sites excluding steroid dienone is 3. The van der Waals surface area contributed by atoms with Gasteiger partial charge in [0.05, 0.1) is 25.4 Å². The van der Waals surface area contributed by atoms with E-state index in [1.807, 2.05) is 6.08 Å². The molecule has 1 heterocycles. The Labute approximate surface area is 362 Å².